The van der Waals surface area contributed by atoms with E-state index in [1.165, 1.54) is 4.90 Å². The molecule has 0 unspecified atom stereocenters. The molecule has 4 heteroatoms. The molecule has 3 nitrogen and oxygen atoms in total. The number of esters is 1. The summed E-state index contributed by atoms with van der Waals surface area (Å²) < 4.78 is 5.09. The second kappa shape index (κ2) is 10.7. The first-order valence-electron chi connectivity index (χ1n) is 8.71. The maximum atomic E-state index is 12.2. The van der Waals surface area contributed by atoms with Gasteiger partial charge in [-0.2, -0.15) is 0 Å². The second-order valence-electron chi connectivity index (χ2n) is 5.79. The van der Waals surface area contributed by atoms with Gasteiger partial charge >= 0.3 is 5.97 Å². The van der Waals surface area contributed by atoms with Crippen LogP contribution in [0, 0.1) is 0 Å². The van der Waals surface area contributed by atoms with Crippen molar-refractivity contribution in [1.82, 2.24) is 0 Å². The van der Waals surface area contributed by atoms with Gasteiger partial charge in [0.25, 0.3) is 0 Å². The van der Waals surface area contributed by atoms with Gasteiger partial charge < -0.3 is 4.74 Å². The number of unbranched alkanes of at least 4 members (excludes halogenated alkanes) is 1. The van der Waals surface area contributed by atoms with Gasteiger partial charge in [0.05, 0.1) is 6.61 Å². The van der Waals surface area contributed by atoms with Crippen LogP contribution in [0.25, 0.3) is 0 Å². The van der Waals surface area contributed by atoms with Crippen molar-refractivity contribution in [3.05, 3.63) is 60.2 Å². The van der Waals surface area contributed by atoms with E-state index in [1.54, 1.807) is 11.8 Å². The van der Waals surface area contributed by atoms with Crippen molar-refractivity contribution in [3.63, 3.8) is 0 Å². The van der Waals surface area contributed by atoms with E-state index in [2.05, 4.69) is 19.1 Å². The predicted molar refractivity (Wildman–Crippen MR) is 101 cm³/mol. The van der Waals surface area contributed by atoms with E-state index in [4.69, 9.17) is 4.74 Å². The summed E-state index contributed by atoms with van der Waals surface area (Å²) in [5, 5.41) is 0. The molecule has 0 bridgehead atoms. The largest absolute Gasteiger partial charge is 0.466 e. The first-order chi connectivity index (χ1) is 12.2. The van der Waals surface area contributed by atoms with Crippen LogP contribution in [0.4, 0.5) is 0 Å². The SMILES string of the molecule is CCCCOC(=O)CCCC(=O)c1ccc(Sc2ccccc2)cc1. The highest BCUT2D eigenvalue weighted by Gasteiger charge is 2.09. The van der Waals surface area contributed by atoms with Gasteiger partial charge in [-0.15, -0.1) is 0 Å². The molecular weight excluding hydrogens is 332 g/mol. The van der Waals surface area contributed by atoms with Gasteiger partial charge in [0.15, 0.2) is 5.78 Å². The van der Waals surface area contributed by atoms with Crippen molar-refractivity contribution in [2.75, 3.05) is 6.61 Å². The molecule has 25 heavy (non-hydrogen) atoms. The summed E-state index contributed by atoms with van der Waals surface area (Å²) in [7, 11) is 0. The van der Waals surface area contributed by atoms with Gasteiger partial charge in [-0.05, 0) is 37.1 Å². The van der Waals surface area contributed by atoms with Crippen LogP contribution in [0.2, 0.25) is 0 Å². The Hall–Kier alpha value is -2.07. The van der Waals surface area contributed by atoms with E-state index in [1.807, 2.05) is 42.5 Å². The Bertz CT molecular complexity index is 665. The number of hydrogen-bond acceptors (Lipinski definition) is 4. The van der Waals surface area contributed by atoms with Gasteiger partial charge in [-0.25, -0.2) is 0 Å². The molecule has 0 aliphatic heterocycles. The van der Waals surface area contributed by atoms with Crippen molar-refractivity contribution in [2.24, 2.45) is 0 Å². The minimum Gasteiger partial charge on any atom is -0.466 e. The van der Waals surface area contributed by atoms with E-state index < -0.39 is 0 Å². The fourth-order valence-corrected chi connectivity index (χ4v) is 3.11. The molecular formula is C21H24O3S. The number of ether oxygens (including phenoxy) is 1. The van der Waals surface area contributed by atoms with E-state index >= 15 is 0 Å². The number of Topliss-reactive ketones (excluding diaryl/α,β-unsaturated/α-hetero) is 1. The monoisotopic (exact) mass is 356 g/mol. The lowest BCUT2D eigenvalue weighted by atomic mass is 10.1. The Morgan fingerprint density at radius 1 is 0.880 bits per heavy atom. The molecule has 0 N–H and O–H groups in total. The van der Waals surface area contributed by atoms with Crippen LogP contribution in [0.3, 0.4) is 0 Å². The van der Waals surface area contributed by atoms with Crippen LogP contribution in [0.1, 0.15) is 49.4 Å². The van der Waals surface area contributed by atoms with Gasteiger partial charge in [0.2, 0.25) is 0 Å². The van der Waals surface area contributed by atoms with Crippen LogP contribution < -0.4 is 0 Å². The quantitative estimate of drug-likeness (QED) is 0.319. The summed E-state index contributed by atoms with van der Waals surface area (Å²) in [4.78, 5) is 26.0. The molecule has 0 aliphatic rings. The van der Waals surface area contributed by atoms with Crippen LogP contribution in [0.15, 0.2) is 64.4 Å². The lowest BCUT2D eigenvalue weighted by Gasteiger charge is -2.05. The standard InChI is InChI=1S/C21H24O3S/c1-2-3-16-24-21(23)11-7-10-20(22)17-12-14-19(15-13-17)25-18-8-5-4-6-9-18/h4-6,8-9,12-15H,2-3,7,10-11,16H2,1H3. The van der Waals surface area contributed by atoms with Crippen molar-refractivity contribution in [2.45, 2.75) is 48.8 Å². The second-order valence-corrected chi connectivity index (χ2v) is 6.94. The van der Waals surface area contributed by atoms with Crippen LogP contribution in [-0.4, -0.2) is 18.4 Å². The maximum Gasteiger partial charge on any atom is 0.305 e. The Balaban J connectivity index is 1.75. The average molecular weight is 356 g/mol. The molecule has 0 saturated carbocycles. The average Bonchev–Trinajstić information content (AvgIpc) is 2.63. The topological polar surface area (TPSA) is 43.4 Å². The molecule has 0 amide bonds. The molecule has 0 atom stereocenters. The molecule has 2 aromatic rings. The van der Waals surface area contributed by atoms with Crippen molar-refractivity contribution >= 4 is 23.5 Å². The molecule has 132 valence electrons. The molecule has 0 aliphatic carbocycles. The lowest BCUT2D eigenvalue weighted by Crippen LogP contribution is -2.07. The minimum absolute atomic E-state index is 0.0672. The van der Waals surface area contributed by atoms with E-state index in [9.17, 15) is 9.59 Å². The van der Waals surface area contributed by atoms with Gasteiger partial charge in [-0.1, -0.05) is 55.4 Å². The third-order valence-corrected chi connectivity index (χ3v) is 4.72. The zero-order valence-corrected chi connectivity index (χ0v) is 15.4. The highest BCUT2D eigenvalue weighted by Crippen LogP contribution is 2.27. The molecule has 0 fully saturated rings. The highest BCUT2D eigenvalue weighted by molar-refractivity contribution is 7.99. The lowest BCUT2D eigenvalue weighted by molar-refractivity contribution is -0.143. The zero-order chi connectivity index (χ0) is 17.9. The summed E-state index contributed by atoms with van der Waals surface area (Å²) in [6.07, 6.45) is 3.10. The fourth-order valence-electron chi connectivity index (χ4n) is 2.27. The van der Waals surface area contributed by atoms with Crippen molar-refractivity contribution < 1.29 is 14.3 Å². The first kappa shape index (κ1) is 19.3. The smallest absolute Gasteiger partial charge is 0.305 e. The Morgan fingerprint density at radius 3 is 2.24 bits per heavy atom. The van der Waals surface area contributed by atoms with Crippen LogP contribution in [-0.2, 0) is 9.53 Å². The number of hydrogen-bond donors (Lipinski definition) is 0. The molecule has 2 rings (SSSR count). The molecule has 0 radical (unpaired) electrons. The van der Waals surface area contributed by atoms with Gasteiger partial charge in [0, 0.05) is 28.2 Å². The maximum absolute atomic E-state index is 12.2. The Labute approximate surface area is 153 Å². The third-order valence-electron chi connectivity index (χ3n) is 3.70. The number of carbonyl (C=O) groups is 2. The summed E-state index contributed by atoms with van der Waals surface area (Å²) in [6, 6.07) is 17.8. The van der Waals surface area contributed by atoms with Crippen molar-refractivity contribution in [1.29, 1.82) is 0 Å². The summed E-state index contributed by atoms with van der Waals surface area (Å²) in [6.45, 7) is 2.53. The van der Waals surface area contributed by atoms with E-state index in [0.29, 0.717) is 31.4 Å². The number of benzene rings is 2. The fraction of sp³-hybridized carbons (Fsp3) is 0.333. The van der Waals surface area contributed by atoms with E-state index in [-0.39, 0.29) is 11.8 Å². The third kappa shape index (κ3) is 7.14. The highest BCUT2D eigenvalue weighted by atomic mass is 32.2. The molecule has 0 spiro atoms. The minimum atomic E-state index is -0.212. The molecule has 0 aromatic heterocycles. The number of carbonyl (C=O) groups excluding carboxylic acids is 2. The molecule has 0 heterocycles. The van der Waals surface area contributed by atoms with Crippen LogP contribution >= 0.6 is 11.8 Å². The molecule has 0 saturated heterocycles. The summed E-state index contributed by atoms with van der Waals surface area (Å²) in [5.74, 6) is -0.145. The Morgan fingerprint density at radius 2 is 1.56 bits per heavy atom. The van der Waals surface area contributed by atoms with Gasteiger partial charge in [0.1, 0.15) is 0 Å². The summed E-state index contributed by atoms with van der Waals surface area (Å²) >= 11 is 1.67. The molecule has 2 aromatic carbocycles. The predicted octanol–water partition coefficient (Wildman–Crippen LogP) is 5.53. The first-order valence-corrected chi connectivity index (χ1v) is 9.52. The van der Waals surface area contributed by atoms with Gasteiger partial charge in [-0.3, -0.25) is 9.59 Å². The normalized spacial score (nSPS) is 10.4. The van der Waals surface area contributed by atoms with Crippen LogP contribution in [0.5, 0.6) is 0 Å². The Kier molecular flexibility index (Phi) is 8.26. The zero-order valence-electron chi connectivity index (χ0n) is 14.6. The summed E-state index contributed by atoms with van der Waals surface area (Å²) in [5.41, 5.74) is 0.691. The number of ketones is 1. The van der Waals surface area contributed by atoms with E-state index in [0.717, 1.165) is 17.7 Å². The van der Waals surface area contributed by atoms with Crippen molar-refractivity contribution in [3.8, 4) is 0 Å². The number of rotatable bonds is 10.